The van der Waals surface area contributed by atoms with Gasteiger partial charge in [-0.15, -0.1) is 0 Å². The van der Waals surface area contributed by atoms with Crippen molar-refractivity contribution < 1.29 is 28.7 Å². The van der Waals surface area contributed by atoms with E-state index in [-0.39, 0.29) is 44.6 Å². The van der Waals surface area contributed by atoms with Crippen LogP contribution in [0.15, 0.2) is 72.7 Å². The summed E-state index contributed by atoms with van der Waals surface area (Å²) in [6.07, 6.45) is 14.2. The highest BCUT2D eigenvalue weighted by Gasteiger charge is 2.21. The number of alkyl carbamates (subject to hydrolysis) is 2. The average Bonchev–Trinajstić information content (AvgIpc) is 3.97. The van der Waals surface area contributed by atoms with Crippen LogP contribution >= 0.6 is 0 Å². The van der Waals surface area contributed by atoms with Crippen molar-refractivity contribution >= 4 is 41.0 Å². The number of carbonyl (C=O) groups excluding carboxylic acids is 4. The second-order valence-corrected chi connectivity index (χ2v) is 15.8. The lowest BCUT2D eigenvalue weighted by Crippen LogP contribution is -2.40. The third kappa shape index (κ3) is 15.7. The third-order valence-corrected chi connectivity index (χ3v) is 9.71. The minimum atomic E-state index is -0.663. The highest BCUT2D eigenvalue weighted by molar-refractivity contribution is 6.03. The van der Waals surface area contributed by atoms with E-state index in [9.17, 15) is 19.2 Å². The maximum atomic E-state index is 13.0. The highest BCUT2D eigenvalue weighted by atomic mass is 16.5. The molecule has 0 fully saturated rings. The number of pyridine rings is 1. The van der Waals surface area contributed by atoms with Gasteiger partial charge in [0.2, 0.25) is 11.8 Å². The van der Waals surface area contributed by atoms with Crippen LogP contribution < -0.4 is 10.6 Å². The Morgan fingerprint density at radius 1 is 0.697 bits per heavy atom. The zero-order valence-corrected chi connectivity index (χ0v) is 40.9. The summed E-state index contributed by atoms with van der Waals surface area (Å²) in [4.78, 5) is 73.7. The zero-order valence-electron chi connectivity index (χ0n) is 40.9. The molecular formula is C51H71N9O6. The van der Waals surface area contributed by atoms with Crippen LogP contribution in [0.3, 0.4) is 0 Å². The molecule has 356 valence electrons. The van der Waals surface area contributed by atoms with E-state index in [1.807, 2.05) is 32.1 Å². The van der Waals surface area contributed by atoms with Gasteiger partial charge in [-0.05, 0) is 63.3 Å². The van der Waals surface area contributed by atoms with Crippen LogP contribution in [0.5, 0.6) is 0 Å². The number of ether oxygens (including phenoxy) is 2. The normalized spacial score (nSPS) is 10.6. The Bertz CT molecular complexity index is 2390. The van der Waals surface area contributed by atoms with Crippen LogP contribution in [-0.4, -0.2) is 98.6 Å². The topological polar surface area (TPSA) is 188 Å². The summed E-state index contributed by atoms with van der Waals surface area (Å²) in [6, 6.07) is 12.3. The predicted octanol–water partition coefficient (Wildman–Crippen LogP) is 10.4. The molecule has 0 aliphatic carbocycles. The van der Waals surface area contributed by atoms with E-state index in [1.165, 1.54) is 20.0 Å². The molecule has 0 spiro atoms. The van der Waals surface area contributed by atoms with Crippen molar-refractivity contribution in [3.05, 3.63) is 95.5 Å². The number of nitrogens with one attached hydrogen (secondary N) is 4. The van der Waals surface area contributed by atoms with Gasteiger partial charge in [-0.3, -0.25) is 14.6 Å². The number of aromatic amines is 2. The van der Waals surface area contributed by atoms with Crippen molar-refractivity contribution in [2.75, 3.05) is 39.9 Å². The molecule has 2 aromatic carbocycles. The standard InChI is InChI=1S/C45H55N9O6.2C3H8/c1-8-21-53(41(55)25-49-44(57)59-7)27-39-47-23-37(51-39)33-17-16-32(30(6)31(33)14-11-13-29(4)5)36-19-18-34(35-15-12-20-46-43(35)36)38-24-48-40(52-38)28-54(22-9-2)42(56)26-50-45(58)60-10-3;2*1-3-2/h11-20,23-24H,8-10,21-22,25-28H2,1-7H3,(H,47,51)(H,48,52)(H,49,57)(H,50,58);2*3H2,1-2H3/b14-11-;;. The Kier molecular flexibility index (Phi) is 22.9. The molecule has 5 aromatic rings. The van der Waals surface area contributed by atoms with Gasteiger partial charge in [-0.1, -0.05) is 109 Å². The predicted molar refractivity (Wildman–Crippen MR) is 264 cm³/mol. The quantitative estimate of drug-likeness (QED) is 0.0621. The summed E-state index contributed by atoms with van der Waals surface area (Å²) in [6.45, 7) is 21.8. The highest BCUT2D eigenvalue weighted by Crippen LogP contribution is 2.39. The van der Waals surface area contributed by atoms with Crippen LogP contribution in [0.1, 0.15) is 111 Å². The lowest BCUT2D eigenvalue weighted by Gasteiger charge is -2.21. The number of allylic oxidation sites excluding steroid dienone is 3. The number of rotatable bonds is 18. The third-order valence-electron chi connectivity index (χ3n) is 9.71. The fourth-order valence-corrected chi connectivity index (χ4v) is 6.85. The van der Waals surface area contributed by atoms with Gasteiger partial charge < -0.3 is 39.9 Å². The van der Waals surface area contributed by atoms with Gasteiger partial charge in [0, 0.05) is 41.4 Å². The van der Waals surface area contributed by atoms with Crippen LogP contribution in [0.25, 0.3) is 50.6 Å². The maximum Gasteiger partial charge on any atom is 0.407 e. The molecule has 0 aliphatic heterocycles. The Morgan fingerprint density at radius 2 is 1.21 bits per heavy atom. The number of amides is 4. The van der Waals surface area contributed by atoms with Gasteiger partial charge in [-0.25, -0.2) is 19.6 Å². The van der Waals surface area contributed by atoms with E-state index < -0.39 is 12.2 Å². The first-order valence-corrected chi connectivity index (χ1v) is 23.0. The number of benzene rings is 2. The van der Waals surface area contributed by atoms with E-state index >= 15 is 0 Å². The van der Waals surface area contributed by atoms with Crippen molar-refractivity contribution in [1.29, 1.82) is 0 Å². The van der Waals surface area contributed by atoms with Crippen LogP contribution in [0.4, 0.5) is 9.59 Å². The summed E-state index contributed by atoms with van der Waals surface area (Å²) in [5, 5.41) is 5.90. The Morgan fingerprint density at radius 3 is 1.74 bits per heavy atom. The Labute approximate surface area is 390 Å². The van der Waals surface area contributed by atoms with E-state index in [1.54, 1.807) is 35.3 Å². The summed E-state index contributed by atoms with van der Waals surface area (Å²) >= 11 is 0. The van der Waals surface area contributed by atoms with Crippen LogP contribution in [0, 0.1) is 6.92 Å². The van der Waals surface area contributed by atoms with E-state index in [2.05, 4.69) is 120 Å². The second-order valence-electron chi connectivity index (χ2n) is 15.8. The summed E-state index contributed by atoms with van der Waals surface area (Å²) in [5.41, 5.74) is 9.45. The fourth-order valence-electron chi connectivity index (χ4n) is 6.85. The largest absolute Gasteiger partial charge is 0.453 e. The number of imidazole rings is 2. The van der Waals surface area contributed by atoms with Crippen molar-refractivity contribution in [3.63, 3.8) is 0 Å². The van der Waals surface area contributed by atoms with Gasteiger partial charge in [0.05, 0.1) is 56.1 Å². The van der Waals surface area contributed by atoms with Gasteiger partial charge in [-0.2, -0.15) is 0 Å². The number of carbonyl (C=O) groups is 4. The van der Waals surface area contributed by atoms with Crippen LogP contribution in [0.2, 0.25) is 0 Å². The lowest BCUT2D eigenvalue weighted by molar-refractivity contribution is -0.131. The molecule has 3 heterocycles. The molecule has 15 heteroatoms. The first-order chi connectivity index (χ1) is 31.8. The summed E-state index contributed by atoms with van der Waals surface area (Å²) in [7, 11) is 1.26. The molecule has 0 radical (unpaired) electrons. The molecule has 15 nitrogen and oxygen atoms in total. The van der Waals surface area contributed by atoms with E-state index in [4.69, 9.17) is 9.72 Å². The molecular weight excluding hydrogens is 835 g/mol. The lowest BCUT2D eigenvalue weighted by atomic mass is 9.89. The molecule has 0 aliphatic rings. The number of fused-ring (bicyclic) bond motifs is 1. The second kappa shape index (κ2) is 28.2. The first-order valence-electron chi connectivity index (χ1n) is 23.0. The van der Waals surface area contributed by atoms with E-state index in [0.717, 1.165) is 74.1 Å². The summed E-state index contributed by atoms with van der Waals surface area (Å²) in [5.74, 6) is 0.765. The van der Waals surface area contributed by atoms with Gasteiger partial charge in [0.1, 0.15) is 24.7 Å². The molecule has 3 aromatic heterocycles. The van der Waals surface area contributed by atoms with Crippen LogP contribution in [-0.2, 0) is 32.2 Å². The number of H-pyrrole nitrogens is 2. The smallest absolute Gasteiger partial charge is 0.407 e. The molecule has 4 N–H and O–H groups in total. The average molecular weight is 906 g/mol. The molecule has 5 rings (SSSR count). The van der Waals surface area contributed by atoms with Crippen molar-refractivity contribution in [1.82, 2.24) is 45.4 Å². The zero-order chi connectivity index (χ0) is 48.6. The monoisotopic (exact) mass is 906 g/mol. The van der Waals surface area contributed by atoms with Crippen molar-refractivity contribution in [3.8, 4) is 33.6 Å². The molecule has 66 heavy (non-hydrogen) atoms. The molecule has 0 bridgehead atoms. The molecule has 0 saturated carbocycles. The van der Waals surface area contributed by atoms with Crippen molar-refractivity contribution in [2.24, 2.45) is 0 Å². The summed E-state index contributed by atoms with van der Waals surface area (Å²) < 4.78 is 9.51. The molecule has 0 saturated heterocycles. The molecule has 0 atom stereocenters. The van der Waals surface area contributed by atoms with E-state index in [0.29, 0.717) is 24.7 Å². The fraction of sp³-hybridized carbons (Fsp3) is 0.431. The molecule has 0 unspecified atom stereocenters. The van der Waals surface area contributed by atoms with Crippen molar-refractivity contribution in [2.45, 2.75) is 108 Å². The van der Waals surface area contributed by atoms with Gasteiger partial charge >= 0.3 is 12.2 Å². The van der Waals surface area contributed by atoms with Gasteiger partial charge in [0.15, 0.2) is 0 Å². The number of nitrogens with zero attached hydrogens (tertiary/aromatic N) is 5. The molecule has 4 amide bonds. The minimum Gasteiger partial charge on any atom is -0.453 e. The maximum absolute atomic E-state index is 13.0. The Hall–Kier alpha value is -6.77. The SMILES string of the molecule is CCC.CCC.CCCN(Cc1ncc(-c2ccc(-c3ccc(-c4cnc(CN(CCC)C(=O)CNC(=O)OCC)[nH]4)c4cccnc34)c(C)c2/C=C\C=C(C)C)[nH]1)C(=O)CNC(=O)OC. The Balaban J connectivity index is 0.00000182. The van der Waals surface area contributed by atoms with Gasteiger partial charge in [0.25, 0.3) is 0 Å². The number of hydrogen-bond donors (Lipinski definition) is 4. The number of methoxy groups -OCH3 is 1. The minimum absolute atomic E-state index is 0.168. The first kappa shape index (κ1) is 53.6. The number of aromatic nitrogens is 5. The number of hydrogen-bond acceptors (Lipinski definition) is 9.